The molecule has 1 amide bonds. The van der Waals surface area contributed by atoms with Crippen LogP contribution in [0.25, 0.3) is 0 Å². The molecule has 1 aliphatic heterocycles. The minimum atomic E-state index is -1.73. The number of likely N-dealkylation sites (N-methyl/N-ethyl adjacent to an activating group) is 1. The van der Waals surface area contributed by atoms with E-state index in [1.807, 2.05) is 21.1 Å². The predicted molar refractivity (Wildman–Crippen MR) is 164 cm³/mol. The fourth-order valence-corrected chi connectivity index (χ4v) is 5.39. The van der Waals surface area contributed by atoms with Crippen molar-refractivity contribution in [2.24, 2.45) is 4.99 Å². The third-order valence-corrected chi connectivity index (χ3v) is 8.00. The summed E-state index contributed by atoms with van der Waals surface area (Å²) in [5.74, 6) is -0.189. The maximum absolute atomic E-state index is 12.8. The molecule has 6 atom stereocenters. The Hall–Kier alpha value is -1.18. The van der Waals surface area contributed by atoms with Crippen molar-refractivity contribution in [1.29, 1.82) is 0 Å². The largest absolute Gasteiger partial charge is 0.387 e. The van der Waals surface area contributed by atoms with Gasteiger partial charge in [-0.05, 0) is 19.3 Å². The van der Waals surface area contributed by atoms with Crippen molar-refractivity contribution in [2.75, 3.05) is 27.7 Å². The Morgan fingerprint density at radius 2 is 1.21 bits per heavy atom. The number of aliphatic hydroxyl groups excluding tert-OH is 5. The number of aliphatic hydroxyl groups is 6. The lowest BCUT2D eigenvalue weighted by molar-refractivity contribution is -0.781. The molecule has 0 aromatic carbocycles. The summed E-state index contributed by atoms with van der Waals surface area (Å²) >= 11 is 0. The van der Waals surface area contributed by atoms with E-state index >= 15 is 0 Å². The topological polar surface area (TPSA) is 172 Å². The number of unbranched alkanes of at least 4 members (excludes halogenated alkanes) is 13. The second-order valence-electron chi connectivity index (χ2n) is 12.8. The highest BCUT2D eigenvalue weighted by Crippen LogP contribution is 2.21. The second kappa shape index (κ2) is 21.5. The fraction of sp³-hybridized carbons (Fsp3) is 0.935. The van der Waals surface area contributed by atoms with E-state index in [4.69, 9.17) is 4.74 Å². The third-order valence-electron chi connectivity index (χ3n) is 8.00. The van der Waals surface area contributed by atoms with Gasteiger partial charge in [-0.15, -0.1) is 0 Å². The molecule has 1 saturated heterocycles. The lowest BCUT2D eigenvalue weighted by Gasteiger charge is -2.38. The quantitative estimate of drug-likeness (QED) is 0.0324. The molecule has 11 heteroatoms. The molecule has 42 heavy (non-hydrogen) atoms. The summed E-state index contributed by atoms with van der Waals surface area (Å²) in [6, 6.07) is -0.0699. The summed E-state index contributed by atoms with van der Waals surface area (Å²) in [5, 5.41) is 61.5. The number of hydrogen-bond donors (Lipinski definition) is 7. The summed E-state index contributed by atoms with van der Waals surface area (Å²) in [6.45, 7) is 2.79. The van der Waals surface area contributed by atoms with Crippen molar-refractivity contribution in [1.82, 2.24) is 5.32 Å². The van der Waals surface area contributed by atoms with Crippen LogP contribution in [0.4, 0.5) is 0 Å². The first-order valence-electron chi connectivity index (χ1n) is 16.3. The number of nitrogens with zero attached hydrogens (tertiary/aromatic N) is 2. The Kier molecular flexibility index (Phi) is 19.9. The van der Waals surface area contributed by atoms with Crippen LogP contribution in [0, 0.1) is 0 Å². The SMILES string of the molecule is CCCCCCCC(CCCCCCCCCCCCN=C(C(O)O)[N+](C)(C)C)NC(=O)[C@H]1O[C@H](O)[C@@H](O)[C@@H](O)[C@@H]1O. The zero-order valence-corrected chi connectivity index (χ0v) is 26.7. The van der Waals surface area contributed by atoms with Gasteiger partial charge in [0.05, 0.1) is 21.1 Å². The normalized spacial score (nSPS) is 24.3. The molecule has 7 N–H and O–H groups in total. The van der Waals surface area contributed by atoms with E-state index in [0.717, 1.165) is 77.0 Å². The third kappa shape index (κ3) is 15.5. The molecule has 1 unspecified atom stereocenters. The molecular formula is C31H62N3O8+. The number of amidine groups is 1. The fourth-order valence-electron chi connectivity index (χ4n) is 5.39. The van der Waals surface area contributed by atoms with Gasteiger partial charge in [0.15, 0.2) is 12.4 Å². The number of rotatable bonds is 22. The van der Waals surface area contributed by atoms with E-state index in [-0.39, 0.29) is 6.04 Å². The number of carbonyl (C=O) groups is 1. The van der Waals surface area contributed by atoms with Crippen LogP contribution in [0.5, 0.6) is 0 Å². The van der Waals surface area contributed by atoms with Crippen LogP contribution in [-0.2, 0) is 9.53 Å². The van der Waals surface area contributed by atoms with E-state index in [9.17, 15) is 35.4 Å². The van der Waals surface area contributed by atoms with Crippen LogP contribution < -0.4 is 5.32 Å². The van der Waals surface area contributed by atoms with E-state index in [2.05, 4.69) is 17.2 Å². The molecule has 1 heterocycles. The van der Waals surface area contributed by atoms with Gasteiger partial charge in [0.25, 0.3) is 11.7 Å². The smallest absolute Gasteiger partial charge is 0.255 e. The summed E-state index contributed by atoms with van der Waals surface area (Å²) in [5.41, 5.74) is 0. The summed E-state index contributed by atoms with van der Waals surface area (Å²) < 4.78 is 5.42. The molecule has 248 valence electrons. The van der Waals surface area contributed by atoms with E-state index < -0.39 is 42.9 Å². The molecule has 0 aromatic heterocycles. The van der Waals surface area contributed by atoms with Gasteiger partial charge < -0.3 is 40.7 Å². The van der Waals surface area contributed by atoms with Crippen molar-refractivity contribution in [2.45, 2.75) is 159 Å². The number of hydrogen-bond acceptors (Lipinski definition) is 9. The minimum absolute atomic E-state index is 0.0699. The van der Waals surface area contributed by atoms with Crippen molar-refractivity contribution < 1.29 is 44.7 Å². The summed E-state index contributed by atoms with van der Waals surface area (Å²) in [7, 11) is 5.61. The number of aliphatic imine (C=N–C) groups is 1. The molecule has 1 rings (SSSR count). The lowest BCUT2D eigenvalue weighted by atomic mass is 9.96. The van der Waals surface area contributed by atoms with Crippen molar-refractivity contribution in [3.63, 3.8) is 0 Å². The predicted octanol–water partition coefficient (Wildman–Crippen LogP) is 2.34. The van der Waals surface area contributed by atoms with Gasteiger partial charge in [-0.1, -0.05) is 96.8 Å². The first kappa shape index (κ1) is 38.8. The Morgan fingerprint density at radius 1 is 0.738 bits per heavy atom. The van der Waals surface area contributed by atoms with Crippen LogP contribution in [0.3, 0.4) is 0 Å². The molecule has 0 aromatic rings. The molecule has 0 spiro atoms. The Balaban J connectivity index is 2.28. The molecule has 1 fully saturated rings. The minimum Gasteiger partial charge on any atom is -0.387 e. The van der Waals surface area contributed by atoms with E-state index in [1.165, 1.54) is 32.1 Å². The second-order valence-corrected chi connectivity index (χ2v) is 12.8. The number of amides is 1. The summed E-state index contributed by atoms with van der Waals surface area (Å²) in [6.07, 6.45) is 8.84. The number of nitrogens with one attached hydrogen (secondary N) is 1. The van der Waals surface area contributed by atoms with E-state index in [0.29, 0.717) is 16.9 Å². The van der Waals surface area contributed by atoms with Crippen LogP contribution in [0.15, 0.2) is 4.99 Å². The van der Waals surface area contributed by atoms with Gasteiger partial charge in [0, 0.05) is 12.6 Å². The van der Waals surface area contributed by atoms with Crippen molar-refractivity contribution in [3.8, 4) is 0 Å². The summed E-state index contributed by atoms with van der Waals surface area (Å²) in [4.78, 5) is 17.2. The van der Waals surface area contributed by atoms with Gasteiger partial charge >= 0.3 is 0 Å². The number of ether oxygens (including phenoxy) is 1. The molecule has 0 saturated carbocycles. The highest BCUT2D eigenvalue weighted by molar-refractivity contribution is 5.82. The maximum atomic E-state index is 12.8. The van der Waals surface area contributed by atoms with Crippen LogP contribution in [-0.4, -0.2) is 118 Å². The van der Waals surface area contributed by atoms with Crippen LogP contribution >= 0.6 is 0 Å². The zero-order valence-electron chi connectivity index (χ0n) is 26.7. The molecule has 0 aliphatic carbocycles. The van der Waals surface area contributed by atoms with Crippen LogP contribution in [0.1, 0.15) is 116 Å². The standard InChI is InChI=1S/C31H61N3O8/c1-5-6-7-14-17-20-23(33-29(38)27-25(36)24(35)26(37)31(41)42-27)21-18-15-12-10-8-9-11-13-16-19-22-32-28(30(39)40)34(2,3)4/h23-27,30-31,35-37,39-41H,5-22H2,1-4H3/p+1/t23?,24-,25-,26-,27-,31-/m0/s1. The molecule has 11 nitrogen and oxygen atoms in total. The average Bonchev–Trinajstić information content (AvgIpc) is 2.92. The van der Waals surface area contributed by atoms with Crippen molar-refractivity contribution >= 4 is 11.7 Å². The average molecular weight is 605 g/mol. The Labute approximate surface area is 253 Å². The molecular weight excluding hydrogens is 542 g/mol. The highest BCUT2D eigenvalue weighted by atomic mass is 16.6. The Morgan fingerprint density at radius 3 is 1.69 bits per heavy atom. The van der Waals surface area contributed by atoms with Gasteiger partial charge in [-0.3, -0.25) is 9.28 Å². The van der Waals surface area contributed by atoms with Crippen LogP contribution in [0.2, 0.25) is 0 Å². The Bertz CT molecular complexity index is 746. The first-order valence-corrected chi connectivity index (χ1v) is 16.3. The van der Waals surface area contributed by atoms with Gasteiger partial charge in [-0.25, -0.2) is 4.99 Å². The number of quaternary nitrogens is 1. The van der Waals surface area contributed by atoms with Crippen molar-refractivity contribution in [3.05, 3.63) is 0 Å². The molecule has 1 aliphatic rings. The number of carbonyl (C=O) groups excluding carboxylic acids is 1. The zero-order chi connectivity index (χ0) is 31.5. The maximum Gasteiger partial charge on any atom is 0.255 e. The first-order chi connectivity index (χ1) is 19.9. The molecule has 0 bridgehead atoms. The van der Waals surface area contributed by atoms with Gasteiger partial charge in [-0.2, -0.15) is 0 Å². The van der Waals surface area contributed by atoms with E-state index in [1.54, 1.807) is 0 Å². The van der Waals surface area contributed by atoms with Gasteiger partial charge in [0.2, 0.25) is 6.29 Å². The monoisotopic (exact) mass is 604 g/mol. The van der Waals surface area contributed by atoms with Gasteiger partial charge in [0.1, 0.15) is 18.3 Å². The highest BCUT2D eigenvalue weighted by Gasteiger charge is 2.46. The lowest BCUT2D eigenvalue weighted by Crippen LogP contribution is -2.62. The molecule has 0 radical (unpaired) electrons.